The number of aryl methyl sites for hydroxylation is 2. The normalized spacial score (nSPS) is 11.1. The van der Waals surface area contributed by atoms with Crippen molar-refractivity contribution in [3.05, 3.63) is 58.1 Å². The number of rotatable bonds is 6. The summed E-state index contributed by atoms with van der Waals surface area (Å²) in [4.78, 5) is 13.9. The fourth-order valence-electron chi connectivity index (χ4n) is 1.94. The van der Waals surface area contributed by atoms with Crippen LogP contribution in [0.3, 0.4) is 0 Å². The van der Waals surface area contributed by atoms with Crippen LogP contribution in [0.5, 0.6) is 5.75 Å². The Morgan fingerprint density at radius 1 is 1.12 bits per heavy atom. The minimum atomic E-state index is -3.87. The molecule has 0 bridgehead atoms. The first kappa shape index (κ1) is 18.4. The van der Waals surface area contributed by atoms with Gasteiger partial charge in [0.2, 0.25) is 0 Å². The molecule has 2 aromatic rings. The van der Waals surface area contributed by atoms with Crippen molar-refractivity contribution in [2.75, 3.05) is 6.61 Å². The minimum absolute atomic E-state index is 0.0806. The van der Waals surface area contributed by atoms with Crippen molar-refractivity contribution in [2.45, 2.75) is 18.7 Å². The quantitative estimate of drug-likeness (QED) is 0.713. The number of hydrogen-bond acceptors (Lipinski definition) is 4. The second kappa shape index (κ2) is 7.78. The predicted octanol–water partition coefficient (Wildman–Crippen LogP) is 2.45. The van der Waals surface area contributed by atoms with Gasteiger partial charge in [-0.1, -0.05) is 40.2 Å². The van der Waals surface area contributed by atoms with Gasteiger partial charge in [-0.05, 0) is 43.2 Å². The van der Waals surface area contributed by atoms with Crippen LogP contribution in [-0.4, -0.2) is 20.9 Å². The van der Waals surface area contributed by atoms with Crippen molar-refractivity contribution in [1.82, 2.24) is 10.3 Å². The number of halogens is 1. The lowest BCUT2D eigenvalue weighted by Crippen LogP contribution is -2.43. The molecule has 1 amide bonds. The van der Waals surface area contributed by atoms with E-state index in [9.17, 15) is 13.2 Å². The van der Waals surface area contributed by atoms with E-state index in [0.717, 1.165) is 5.56 Å². The van der Waals surface area contributed by atoms with Crippen LogP contribution in [0, 0.1) is 13.8 Å². The van der Waals surface area contributed by atoms with Crippen molar-refractivity contribution in [3.8, 4) is 5.75 Å². The Labute approximate surface area is 149 Å². The molecule has 0 heterocycles. The summed E-state index contributed by atoms with van der Waals surface area (Å²) in [5.41, 5.74) is 3.59. The van der Waals surface area contributed by atoms with Crippen molar-refractivity contribution in [2.24, 2.45) is 0 Å². The molecule has 0 aliphatic rings. The van der Waals surface area contributed by atoms with Crippen molar-refractivity contribution in [3.63, 3.8) is 0 Å². The van der Waals surface area contributed by atoms with Crippen LogP contribution in [-0.2, 0) is 14.8 Å². The number of hydrogen-bond donors (Lipinski definition) is 2. The molecule has 2 aromatic carbocycles. The van der Waals surface area contributed by atoms with E-state index in [1.165, 1.54) is 6.07 Å². The molecule has 24 heavy (non-hydrogen) atoms. The molecule has 0 aliphatic heterocycles. The summed E-state index contributed by atoms with van der Waals surface area (Å²) in [6.45, 7) is 3.22. The molecule has 0 aromatic heterocycles. The third-order valence-corrected chi connectivity index (χ3v) is 5.10. The van der Waals surface area contributed by atoms with Crippen LogP contribution in [0.4, 0.5) is 0 Å². The van der Waals surface area contributed by atoms with E-state index in [0.29, 0.717) is 15.8 Å². The van der Waals surface area contributed by atoms with Gasteiger partial charge >= 0.3 is 0 Å². The Bertz CT molecular complexity index is 853. The smallest absolute Gasteiger partial charge is 0.272 e. The van der Waals surface area contributed by atoms with Crippen molar-refractivity contribution >= 4 is 31.9 Å². The molecular weight excluding hydrogens is 396 g/mol. The number of sulfonamides is 1. The molecule has 0 fully saturated rings. The molecule has 0 spiro atoms. The first-order valence-electron chi connectivity index (χ1n) is 7.05. The molecule has 0 saturated heterocycles. The van der Waals surface area contributed by atoms with Crippen LogP contribution in [0.15, 0.2) is 51.8 Å². The van der Waals surface area contributed by atoms with Crippen LogP contribution in [0.2, 0.25) is 0 Å². The highest BCUT2D eigenvalue weighted by molar-refractivity contribution is 9.10. The number of ether oxygens (including phenoxy) is 1. The van der Waals surface area contributed by atoms with E-state index in [1.54, 1.807) is 31.2 Å². The standard InChI is InChI=1S/C16H17BrN2O4S/c1-11-5-3-4-6-14(11)23-10-16(20)18-19-24(21,22)15-9-13(17)8-7-12(15)2/h3-9,19H,10H2,1-2H3,(H,18,20). The van der Waals surface area contributed by atoms with Gasteiger partial charge in [-0.25, -0.2) is 8.42 Å². The van der Waals surface area contributed by atoms with Gasteiger partial charge in [-0.2, -0.15) is 0 Å². The number of amides is 1. The molecule has 8 heteroatoms. The lowest BCUT2D eigenvalue weighted by molar-refractivity contribution is -0.123. The zero-order valence-electron chi connectivity index (χ0n) is 13.2. The molecule has 0 atom stereocenters. The van der Waals surface area contributed by atoms with Gasteiger partial charge in [0.25, 0.3) is 15.9 Å². The summed E-state index contributed by atoms with van der Waals surface area (Å²) < 4.78 is 30.5. The predicted molar refractivity (Wildman–Crippen MR) is 94.0 cm³/mol. The Balaban J connectivity index is 1.95. The highest BCUT2D eigenvalue weighted by Crippen LogP contribution is 2.20. The minimum Gasteiger partial charge on any atom is -0.483 e. The zero-order valence-corrected chi connectivity index (χ0v) is 15.6. The largest absolute Gasteiger partial charge is 0.483 e. The Hall–Kier alpha value is -1.90. The van der Waals surface area contributed by atoms with Crippen LogP contribution < -0.4 is 15.0 Å². The van der Waals surface area contributed by atoms with Crippen LogP contribution >= 0.6 is 15.9 Å². The number of carbonyl (C=O) groups is 1. The highest BCUT2D eigenvalue weighted by Gasteiger charge is 2.18. The molecule has 0 aliphatic carbocycles. The fourth-order valence-corrected chi connectivity index (χ4v) is 3.59. The number of carbonyl (C=O) groups excluding carboxylic acids is 1. The maximum atomic E-state index is 12.3. The van der Waals surface area contributed by atoms with Gasteiger partial charge in [-0.15, -0.1) is 4.83 Å². The van der Waals surface area contributed by atoms with Gasteiger partial charge in [0, 0.05) is 4.47 Å². The van der Waals surface area contributed by atoms with E-state index < -0.39 is 15.9 Å². The van der Waals surface area contributed by atoms with E-state index in [1.807, 2.05) is 19.1 Å². The van der Waals surface area contributed by atoms with Gasteiger partial charge in [0.05, 0.1) is 4.90 Å². The number of nitrogens with one attached hydrogen (secondary N) is 2. The average molecular weight is 413 g/mol. The molecule has 0 unspecified atom stereocenters. The zero-order chi connectivity index (χ0) is 17.7. The topological polar surface area (TPSA) is 84.5 Å². The summed E-state index contributed by atoms with van der Waals surface area (Å²) in [5.74, 6) is -0.0344. The molecular formula is C16H17BrN2O4S. The average Bonchev–Trinajstić information content (AvgIpc) is 2.54. The Morgan fingerprint density at radius 2 is 1.83 bits per heavy atom. The molecule has 0 radical (unpaired) electrons. The molecule has 6 nitrogen and oxygen atoms in total. The maximum absolute atomic E-state index is 12.3. The number of benzene rings is 2. The third kappa shape index (κ3) is 4.80. The highest BCUT2D eigenvalue weighted by atomic mass is 79.9. The van der Waals surface area contributed by atoms with Crippen LogP contribution in [0.1, 0.15) is 11.1 Å². The second-order valence-electron chi connectivity index (χ2n) is 5.12. The lowest BCUT2D eigenvalue weighted by atomic mass is 10.2. The van der Waals surface area contributed by atoms with E-state index >= 15 is 0 Å². The molecule has 0 saturated carbocycles. The number of para-hydroxylation sites is 1. The van der Waals surface area contributed by atoms with Crippen molar-refractivity contribution in [1.29, 1.82) is 0 Å². The first-order chi connectivity index (χ1) is 11.3. The van der Waals surface area contributed by atoms with Gasteiger partial charge in [0.1, 0.15) is 5.75 Å². The lowest BCUT2D eigenvalue weighted by Gasteiger charge is -2.12. The Morgan fingerprint density at radius 3 is 2.54 bits per heavy atom. The second-order valence-corrected chi connectivity index (χ2v) is 7.68. The summed E-state index contributed by atoms with van der Waals surface area (Å²) in [7, 11) is -3.87. The summed E-state index contributed by atoms with van der Waals surface area (Å²) in [5, 5.41) is 0. The third-order valence-electron chi connectivity index (χ3n) is 3.22. The van der Waals surface area contributed by atoms with E-state index in [-0.39, 0.29) is 11.5 Å². The molecule has 2 N–H and O–H groups in total. The summed E-state index contributed by atoms with van der Waals surface area (Å²) >= 11 is 3.23. The van der Waals surface area contributed by atoms with Gasteiger partial charge in [-0.3, -0.25) is 10.2 Å². The van der Waals surface area contributed by atoms with Gasteiger partial charge in [0.15, 0.2) is 6.61 Å². The summed E-state index contributed by atoms with van der Waals surface area (Å²) in [6, 6.07) is 12.1. The molecule has 128 valence electrons. The fraction of sp³-hybridized carbons (Fsp3) is 0.188. The Kier molecular flexibility index (Phi) is 5.98. The number of hydrazine groups is 1. The maximum Gasteiger partial charge on any atom is 0.272 e. The SMILES string of the molecule is Cc1ccccc1OCC(=O)NNS(=O)(=O)c1cc(Br)ccc1C. The van der Waals surface area contributed by atoms with E-state index in [4.69, 9.17) is 4.74 Å². The molecule has 2 rings (SSSR count). The summed E-state index contributed by atoms with van der Waals surface area (Å²) in [6.07, 6.45) is 0. The van der Waals surface area contributed by atoms with Crippen LogP contribution in [0.25, 0.3) is 0 Å². The first-order valence-corrected chi connectivity index (χ1v) is 9.32. The van der Waals surface area contributed by atoms with E-state index in [2.05, 4.69) is 26.2 Å². The van der Waals surface area contributed by atoms with Crippen molar-refractivity contribution < 1.29 is 17.9 Å². The van der Waals surface area contributed by atoms with Gasteiger partial charge < -0.3 is 4.74 Å². The monoisotopic (exact) mass is 412 g/mol.